The van der Waals surface area contributed by atoms with Crippen molar-refractivity contribution < 1.29 is 24.2 Å². The van der Waals surface area contributed by atoms with Crippen molar-refractivity contribution >= 4 is 41.0 Å². The fourth-order valence-corrected chi connectivity index (χ4v) is 3.17. The van der Waals surface area contributed by atoms with Crippen molar-refractivity contribution in [2.75, 3.05) is 23.1 Å². The third-order valence-corrected chi connectivity index (χ3v) is 4.88. The number of carbonyl (C=O) groups is 3. The van der Waals surface area contributed by atoms with Crippen molar-refractivity contribution in [1.29, 1.82) is 0 Å². The number of carboxylic acid groups (broad SMARTS) is 1. The van der Waals surface area contributed by atoms with Crippen LogP contribution in [0.25, 0.3) is 6.08 Å². The van der Waals surface area contributed by atoms with Gasteiger partial charge >= 0.3 is 12.0 Å². The van der Waals surface area contributed by atoms with Crippen molar-refractivity contribution in [2.24, 2.45) is 0 Å². The highest BCUT2D eigenvalue weighted by Crippen LogP contribution is 2.26. The predicted molar refractivity (Wildman–Crippen MR) is 132 cm³/mol. The van der Waals surface area contributed by atoms with E-state index in [9.17, 15) is 14.4 Å². The lowest BCUT2D eigenvalue weighted by Crippen LogP contribution is -2.20. The molecule has 4 N–H and O–H groups in total. The Balaban J connectivity index is 1.60. The average Bonchev–Trinajstić information content (AvgIpc) is 2.81. The van der Waals surface area contributed by atoms with Gasteiger partial charge in [-0.05, 0) is 60.0 Å². The van der Waals surface area contributed by atoms with Gasteiger partial charge in [-0.15, -0.1) is 0 Å². The molecule has 3 rings (SSSR count). The number of benzene rings is 3. The Morgan fingerprint density at radius 2 is 1.62 bits per heavy atom. The first-order valence-corrected chi connectivity index (χ1v) is 10.5. The molecule has 0 heterocycles. The number of aryl methyl sites for hydroxylation is 1. The van der Waals surface area contributed by atoms with E-state index >= 15 is 0 Å². The molecule has 34 heavy (non-hydrogen) atoms. The number of hydrogen-bond donors (Lipinski definition) is 4. The van der Waals surface area contributed by atoms with Crippen molar-refractivity contribution in [3.8, 4) is 5.75 Å². The third-order valence-electron chi connectivity index (χ3n) is 4.88. The summed E-state index contributed by atoms with van der Waals surface area (Å²) in [5, 5.41) is 17.0. The number of carboxylic acids is 1. The molecule has 3 aromatic rings. The number of methoxy groups -OCH3 is 1. The van der Waals surface area contributed by atoms with Gasteiger partial charge in [0, 0.05) is 17.5 Å². The van der Waals surface area contributed by atoms with E-state index in [0.29, 0.717) is 33.9 Å². The molecule has 0 aliphatic rings. The van der Waals surface area contributed by atoms with Crippen LogP contribution in [0.5, 0.6) is 5.75 Å². The smallest absolute Gasteiger partial charge is 0.328 e. The van der Waals surface area contributed by atoms with E-state index in [-0.39, 0.29) is 12.3 Å². The summed E-state index contributed by atoms with van der Waals surface area (Å²) in [7, 11) is 1.49. The second kappa shape index (κ2) is 11.3. The molecule has 0 spiro atoms. The van der Waals surface area contributed by atoms with Gasteiger partial charge < -0.3 is 25.8 Å². The SMILES string of the molecule is COc1cc(CC(=O)Nc2ccc(C=CC(=O)O)cc2)ccc1NC(=O)Nc1ccccc1C. The molecule has 8 nitrogen and oxygen atoms in total. The van der Waals surface area contributed by atoms with Crippen LogP contribution >= 0.6 is 0 Å². The molecule has 0 saturated heterocycles. The summed E-state index contributed by atoms with van der Waals surface area (Å²) in [6, 6.07) is 19.0. The molecule has 174 valence electrons. The molecule has 0 fully saturated rings. The first kappa shape index (κ1) is 24.1. The van der Waals surface area contributed by atoms with Gasteiger partial charge in [0.15, 0.2) is 0 Å². The van der Waals surface area contributed by atoms with Crippen LogP contribution < -0.4 is 20.7 Å². The number of aliphatic carboxylic acids is 1. The van der Waals surface area contributed by atoms with Gasteiger partial charge in [0.05, 0.1) is 19.2 Å². The van der Waals surface area contributed by atoms with E-state index in [1.54, 1.807) is 42.5 Å². The molecule has 0 radical (unpaired) electrons. The monoisotopic (exact) mass is 459 g/mol. The number of ether oxygens (including phenoxy) is 1. The normalized spacial score (nSPS) is 10.5. The second-order valence-corrected chi connectivity index (χ2v) is 7.45. The van der Waals surface area contributed by atoms with Gasteiger partial charge in [-0.2, -0.15) is 0 Å². The summed E-state index contributed by atoms with van der Waals surface area (Å²) >= 11 is 0. The van der Waals surface area contributed by atoms with Gasteiger partial charge in [0.2, 0.25) is 5.91 Å². The molecular weight excluding hydrogens is 434 g/mol. The molecule has 0 bridgehead atoms. The van der Waals surface area contributed by atoms with E-state index in [4.69, 9.17) is 9.84 Å². The molecule has 0 saturated carbocycles. The Kier molecular flexibility index (Phi) is 8.02. The van der Waals surface area contributed by atoms with Crippen LogP contribution in [-0.4, -0.2) is 30.1 Å². The van der Waals surface area contributed by atoms with E-state index in [2.05, 4.69) is 16.0 Å². The van der Waals surface area contributed by atoms with Crippen LogP contribution in [0.3, 0.4) is 0 Å². The number of hydrogen-bond acceptors (Lipinski definition) is 4. The zero-order valence-corrected chi connectivity index (χ0v) is 18.8. The Bertz CT molecular complexity index is 1220. The van der Waals surface area contributed by atoms with Gasteiger partial charge in [0.25, 0.3) is 0 Å². The maximum atomic E-state index is 12.5. The number of amides is 3. The van der Waals surface area contributed by atoms with E-state index in [1.165, 1.54) is 13.2 Å². The first-order valence-electron chi connectivity index (χ1n) is 10.5. The van der Waals surface area contributed by atoms with Crippen molar-refractivity contribution in [2.45, 2.75) is 13.3 Å². The highest BCUT2D eigenvalue weighted by molar-refractivity contribution is 6.01. The molecule has 3 aromatic carbocycles. The molecule has 0 aliphatic heterocycles. The number of anilines is 3. The zero-order chi connectivity index (χ0) is 24.5. The third kappa shape index (κ3) is 6.96. The van der Waals surface area contributed by atoms with E-state index < -0.39 is 12.0 Å². The standard InChI is InChI=1S/C26H25N3O5/c1-17-5-3-4-6-21(17)28-26(33)29-22-13-9-19(15-23(22)34-2)16-24(30)27-20-11-7-18(8-12-20)10-14-25(31)32/h3-15H,16H2,1-2H3,(H,27,30)(H,31,32)(H2,28,29,33). The fourth-order valence-electron chi connectivity index (χ4n) is 3.17. The number of para-hydroxylation sites is 1. The summed E-state index contributed by atoms with van der Waals surface area (Å²) < 4.78 is 5.39. The average molecular weight is 460 g/mol. The molecule has 8 heteroatoms. The Hall–Kier alpha value is -4.59. The van der Waals surface area contributed by atoms with Crippen LogP contribution in [0.4, 0.5) is 21.9 Å². The molecule has 0 unspecified atom stereocenters. The Morgan fingerprint density at radius 3 is 2.29 bits per heavy atom. The minimum absolute atomic E-state index is 0.104. The lowest BCUT2D eigenvalue weighted by molar-refractivity contribution is -0.131. The van der Waals surface area contributed by atoms with Crippen LogP contribution in [0, 0.1) is 6.92 Å². The topological polar surface area (TPSA) is 117 Å². The van der Waals surface area contributed by atoms with Crippen LogP contribution in [0.2, 0.25) is 0 Å². The number of urea groups is 1. The summed E-state index contributed by atoms with van der Waals surface area (Å²) in [6.45, 7) is 1.90. The molecule has 0 atom stereocenters. The van der Waals surface area contributed by atoms with Gasteiger partial charge in [-0.25, -0.2) is 9.59 Å². The van der Waals surface area contributed by atoms with Crippen LogP contribution in [0.15, 0.2) is 72.8 Å². The Morgan fingerprint density at radius 1 is 0.912 bits per heavy atom. The molecular formula is C26H25N3O5. The highest BCUT2D eigenvalue weighted by atomic mass is 16.5. The summed E-state index contributed by atoms with van der Waals surface area (Å²) in [5.41, 5.74) is 4.13. The fraction of sp³-hybridized carbons (Fsp3) is 0.115. The van der Waals surface area contributed by atoms with Crippen LogP contribution in [0.1, 0.15) is 16.7 Å². The number of nitrogens with one attached hydrogen (secondary N) is 3. The summed E-state index contributed by atoms with van der Waals surface area (Å²) in [4.78, 5) is 35.4. The van der Waals surface area contributed by atoms with Gasteiger partial charge in [0.1, 0.15) is 5.75 Å². The highest BCUT2D eigenvalue weighted by Gasteiger charge is 2.12. The molecule has 0 aliphatic carbocycles. The maximum absolute atomic E-state index is 12.5. The second-order valence-electron chi connectivity index (χ2n) is 7.45. The van der Waals surface area contributed by atoms with E-state index in [1.807, 2.05) is 31.2 Å². The van der Waals surface area contributed by atoms with Crippen molar-refractivity contribution in [3.63, 3.8) is 0 Å². The van der Waals surface area contributed by atoms with Gasteiger partial charge in [-0.3, -0.25) is 4.79 Å². The summed E-state index contributed by atoms with van der Waals surface area (Å²) in [6.07, 6.45) is 2.62. The van der Waals surface area contributed by atoms with Crippen molar-refractivity contribution in [1.82, 2.24) is 0 Å². The van der Waals surface area contributed by atoms with Crippen molar-refractivity contribution in [3.05, 3.63) is 89.5 Å². The lowest BCUT2D eigenvalue weighted by Gasteiger charge is -2.14. The minimum Gasteiger partial charge on any atom is -0.495 e. The lowest BCUT2D eigenvalue weighted by atomic mass is 10.1. The molecule has 0 aromatic heterocycles. The first-order chi connectivity index (χ1) is 16.3. The Labute approximate surface area is 197 Å². The van der Waals surface area contributed by atoms with Crippen LogP contribution in [-0.2, 0) is 16.0 Å². The quantitative estimate of drug-likeness (QED) is 0.357. The number of carbonyl (C=O) groups excluding carboxylic acids is 2. The zero-order valence-electron chi connectivity index (χ0n) is 18.8. The summed E-state index contributed by atoms with van der Waals surface area (Å²) in [5.74, 6) is -0.824. The molecule has 3 amide bonds. The predicted octanol–water partition coefficient (Wildman–Crippen LogP) is 4.93. The van der Waals surface area contributed by atoms with E-state index in [0.717, 1.165) is 11.6 Å². The van der Waals surface area contributed by atoms with Gasteiger partial charge in [-0.1, -0.05) is 36.4 Å². The number of rotatable bonds is 8. The largest absolute Gasteiger partial charge is 0.495 e. The maximum Gasteiger partial charge on any atom is 0.328 e. The minimum atomic E-state index is -1.03.